The first-order chi connectivity index (χ1) is 9.49. The highest BCUT2D eigenvalue weighted by molar-refractivity contribution is 5.95. The van der Waals surface area contributed by atoms with E-state index in [1.54, 1.807) is 0 Å². The summed E-state index contributed by atoms with van der Waals surface area (Å²) >= 11 is 0. The Labute approximate surface area is 119 Å². The van der Waals surface area contributed by atoms with Crippen LogP contribution < -0.4 is 11.1 Å². The fourth-order valence-electron chi connectivity index (χ4n) is 2.23. The monoisotopic (exact) mass is 268 g/mol. The minimum Gasteiger partial charge on any atom is -0.399 e. The molecule has 104 valence electrons. The van der Waals surface area contributed by atoms with E-state index in [4.69, 9.17) is 5.73 Å². The van der Waals surface area contributed by atoms with E-state index in [9.17, 15) is 4.79 Å². The zero-order chi connectivity index (χ0) is 14.7. The predicted molar refractivity (Wildman–Crippen MR) is 82.7 cm³/mol. The number of hydrogen-bond donors (Lipinski definition) is 2. The number of anilines is 1. The molecular weight excluding hydrogens is 248 g/mol. The van der Waals surface area contributed by atoms with Crippen molar-refractivity contribution in [3.8, 4) is 0 Å². The summed E-state index contributed by atoms with van der Waals surface area (Å²) in [6.45, 7) is 6.43. The van der Waals surface area contributed by atoms with Crippen LogP contribution in [0.4, 0.5) is 5.69 Å². The van der Waals surface area contributed by atoms with Crippen LogP contribution in [0.3, 0.4) is 0 Å². The van der Waals surface area contributed by atoms with Crippen molar-refractivity contribution < 1.29 is 4.79 Å². The third kappa shape index (κ3) is 2.99. The van der Waals surface area contributed by atoms with Crippen LogP contribution in [0.15, 0.2) is 36.4 Å². The van der Waals surface area contributed by atoms with Crippen LogP contribution in [-0.2, 0) is 6.54 Å². The normalized spacial score (nSPS) is 10.3. The number of nitrogens with two attached hydrogens (primary N) is 1. The third-order valence-corrected chi connectivity index (χ3v) is 3.55. The van der Waals surface area contributed by atoms with Crippen molar-refractivity contribution in [2.75, 3.05) is 5.73 Å². The van der Waals surface area contributed by atoms with Gasteiger partial charge in [0.1, 0.15) is 0 Å². The van der Waals surface area contributed by atoms with Crippen molar-refractivity contribution >= 4 is 11.6 Å². The summed E-state index contributed by atoms with van der Waals surface area (Å²) in [6.07, 6.45) is 0. The van der Waals surface area contributed by atoms with Crippen LogP contribution in [0.1, 0.15) is 32.6 Å². The molecule has 0 spiro atoms. The van der Waals surface area contributed by atoms with E-state index in [0.717, 1.165) is 33.5 Å². The molecule has 0 fully saturated rings. The average Bonchev–Trinajstić information content (AvgIpc) is 2.40. The summed E-state index contributed by atoms with van der Waals surface area (Å²) < 4.78 is 0. The summed E-state index contributed by atoms with van der Waals surface area (Å²) in [4.78, 5) is 12.2. The van der Waals surface area contributed by atoms with E-state index in [1.807, 2.05) is 57.2 Å². The first-order valence-corrected chi connectivity index (χ1v) is 6.68. The maximum absolute atomic E-state index is 12.2. The minimum atomic E-state index is -0.0516. The molecule has 2 aromatic rings. The van der Waals surface area contributed by atoms with E-state index in [2.05, 4.69) is 5.32 Å². The molecule has 0 radical (unpaired) electrons. The second-order valence-corrected chi connectivity index (χ2v) is 5.13. The summed E-state index contributed by atoms with van der Waals surface area (Å²) in [5.41, 5.74) is 11.6. The van der Waals surface area contributed by atoms with Crippen LogP contribution in [-0.4, -0.2) is 5.91 Å². The Hall–Kier alpha value is -2.29. The lowest BCUT2D eigenvalue weighted by molar-refractivity contribution is 0.0950. The van der Waals surface area contributed by atoms with Crippen molar-refractivity contribution in [1.82, 2.24) is 5.32 Å². The van der Waals surface area contributed by atoms with Gasteiger partial charge in [0.25, 0.3) is 5.91 Å². The first kappa shape index (κ1) is 14.1. The quantitative estimate of drug-likeness (QED) is 0.840. The number of nitrogens with one attached hydrogen (secondary N) is 1. The Morgan fingerprint density at radius 1 is 1.15 bits per heavy atom. The Kier molecular flexibility index (Phi) is 4.08. The number of carbonyl (C=O) groups is 1. The van der Waals surface area contributed by atoms with Gasteiger partial charge in [-0.15, -0.1) is 0 Å². The lowest BCUT2D eigenvalue weighted by atomic mass is 10.0. The fourth-order valence-corrected chi connectivity index (χ4v) is 2.23. The maximum Gasteiger partial charge on any atom is 0.251 e. The molecule has 0 unspecified atom stereocenters. The molecular formula is C17H20N2O. The number of nitrogen functional groups attached to an aromatic ring is 1. The van der Waals surface area contributed by atoms with Gasteiger partial charge >= 0.3 is 0 Å². The molecule has 0 atom stereocenters. The molecule has 0 saturated heterocycles. The van der Waals surface area contributed by atoms with Gasteiger partial charge < -0.3 is 11.1 Å². The smallest absolute Gasteiger partial charge is 0.251 e. The number of amides is 1. The molecule has 3 nitrogen and oxygen atoms in total. The molecule has 20 heavy (non-hydrogen) atoms. The molecule has 2 rings (SSSR count). The maximum atomic E-state index is 12.2. The molecule has 0 aromatic heterocycles. The molecule has 0 aliphatic rings. The molecule has 2 aromatic carbocycles. The number of benzene rings is 2. The van der Waals surface area contributed by atoms with Crippen LogP contribution in [0.2, 0.25) is 0 Å². The van der Waals surface area contributed by atoms with Gasteiger partial charge in [-0.3, -0.25) is 4.79 Å². The van der Waals surface area contributed by atoms with Gasteiger partial charge in [0.05, 0.1) is 0 Å². The molecule has 0 bridgehead atoms. The van der Waals surface area contributed by atoms with E-state index in [0.29, 0.717) is 6.54 Å². The molecule has 3 N–H and O–H groups in total. The zero-order valence-electron chi connectivity index (χ0n) is 12.2. The molecule has 3 heteroatoms. The van der Waals surface area contributed by atoms with Crippen molar-refractivity contribution in [2.45, 2.75) is 27.3 Å². The Bertz CT molecular complexity index is 647. The van der Waals surface area contributed by atoms with Gasteiger partial charge in [-0.2, -0.15) is 0 Å². The van der Waals surface area contributed by atoms with Crippen molar-refractivity contribution in [3.63, 3.8) is 0 Å². The Morgan fingerprint density at radius 2 is 1.90 bits per heavy atom. The Balaban J connectivity index is 2.11. The average molecular weight is 268 g/mol. The van der Waals surface area contributed by atoms with Crippen LogP contribution in [0.25, 0.3) is 0 Å². The lowest BCUT2D eigenvalue weighted by Gasteiger charge is -2.11. The molecule has 0 heterocycles. The second-order valence-electron chi connectivity index (χ2n) is 5.13. The lowest BCUT2D eigenvalue weighted by Crippen LogP contribution is -2.24. The highest BCUT2D eigenvalue weighted by Gasteiger charge is 2.09. The topological polar surface area (TPSA) is 55.1 Å². The first-order valence-electron chi connectivity index (χ1n) is 6.68. The SMILES string of the molecule is Cc1ccc(C(=O)NCc2cccc(N)c2C)c(C)c1. The molecule has 0 aliphatic carbocycles. The van der Waals surface area contributed by atoms with E-state index in [1.165, 1.54) is 0 Å². The van der Waals surface area contributed by atoms with Gasteiger partial charge in [0.2, 0.25) is 0 Å². The van der Waals surface area contributed by atoms with E-state index in [-0.39, 0.29) is 5.91 Å². The summed E-state index contributed by atoms with van der Waals surface area (Å²) in [5.74, 6) is -0.0516. The summed E-state index contributed by atoms with van der Waals surface area (Å²) in [5, 5.41) is 2.95. The van der Waals surface area contributed by atoms with Crippen LogP contribution >= 0.6 is 0 Å². The Morgan fingerprint density at radius 3 is 2.60 bits per heavy atom. The minimum absolute atomic E-state index is 0.0516. The number of hydrogen-bond acceptors (Lipinski definition) is 2. The van der Waals surface area contributed by atoms with Gasteiger partial charge in [-0.25, -0.2) is 0 Å². The van der Waals surface area contributed by atoms with E-state index >= 15 is 0 Å². The predicted octanol–water partition coefficient (Wildman–Crippen LogP) is 3.12. The summed E-state index contributed by atoms with van der Waals surface area (Å²) in [6, 6.07) is 11.6. The highest BCUT2D eigenvalue weighted by Crippen LogP contribution is 2.16. The number of aryl methyl sites for hydroxylation is 2. The standard InChI is InChI=1S/C17H20N2O/c1-11-7-8-15(12(2)9-11)17(20)19-10-14-5-4-6-16(18)13(14)3/h4-9H,10,18H2,1-3H3,(H,19,20). The van der Waals surface area contributed by atoms with Gasteiger partial charge in [0.15, 0.2) is 0 Å². The van der Waals surface area contributed by atoms with Gasteiger partial charge in [-0.05, 0) is 49.6 Å². The highest BCUT2D eigenvalue weighted by atomic mass is 16.1. The largest absolute Gasteiger partial charge is 0.399 e. The van der Waals surface area contributed by atoms with Crippen LogP contribution in [0.5, 0.6) is 0 Å². The fraction of sp³-hybridized carbons (Fsp3) is 0.235. The van der Waals surface area contributed by atoms with Crippen molar-refractivity contribution in [2.24, 2.45) is 0 Å². The van der Waals surface area contributed by atoms with E-state index < -0.39 is 0 Å². The molecule has 1 amide bonds. The second kappa shape index (κ2) is 5.78. The third-order valence-electron chi connectivity index (χ3n) is 3.55. The zero-order valence-corrected chi connectivity index (χ0v) is 12.2. The summed E-state index contributed by atoms with van der Waals surface area (Å²) in [7, 11) is 0. The van der Waals surface area contributed by atoms with Gasteiger partial charge in [0, 0.05) is 17.8 Å². The van der Waals surface area contributed by atoms with Crippen molar-refractivity contribution in [3.05, 3.63) is 64.2 Å². The van der Waals surface area contributed by atoms with Crippen molar-refractivity contribution in [1.29, 1.82) is 0 Å². The number of carbonyl (C=O) groups excluding carboxylic acids is 1. The number of rotatable bonds is 3. The molecule has 0 saturated carbocycles. The van der Waals surface area contributed by atoms with Gasteiger partial charge in [-0.1, -0.05) is 29.8 Å². The van der Waals surface area contributed by atoms with Crippen LogP contribution in [0, 0.1) is 20.8 Å². The molecule has 0 aliphatic heterocycles.